The lowest BCUT2D eigenvalue weighted by Crippen LogP contribution is -2.35. The Bertz CT molecular complexity index is 1320. The molecule has 4 aromatic rings. The van der Waals surface area contributed by atoms with E-state index < -0.39 is 18.6 Å². The van der Waals surface area contributed by atoms with Gasteiger partial charge in [0.2, 0.25) is 0 Å². The average molecular weight is 444 g/mol. The van der Waals surface area contributed by atoms with Gasteiger partial charge in [-0.15, -0.1) is 0 Å². The molecule has 1 atom stereocenters. The molecular weight excluding hydrogens is 426 g/mol. The fourth-order valence-electron chi connectivity index (χ4n) is 4.08. The van der Waals surface area contributed by atoms with Crippen LogP contribution < -0.4 is 4.90 Å². The van der Waals surface area contributed by atoms with Gasteiger partial charge in [-0.05, 0) is 29.8 Å². The van der Waals surface area contributed by atoms with Crippen LogP contribution in [-0.2, 0) is 9.59 Å². The Morgan fingerprint density at radius 1 is 0.938 bits per heavy atom. The number of para-hydroxylation sites is 1. The molecule has 1 aromatic heterocycles. The van der Waals surface area contributed by atoms with Gasteiger partial charge in [0.1, 0.15) is 6.54 Å². The second-order valence-electron chi connectivity index (χ2n) is 7.51. The predicted molar refractivity (Wildman–Crippen MR) is 123 cm³/mol. The number of aromatic nitrogens is 2. The Hall–Kier alpha value is -3.90. The lowest BCUT2D eigenvalue weighted by atomic mass is 10.1. The summed E-state index contributed by atoms with van der Waals surface area (Å²) in [7, 11) is 0. The molecule has 1 N–H and O–H groups in total. The summed E-state index contributed by atoms with van der Waals surface area (Å²) in [6.07, 6.45) is 0. The van der Waals surface area contributed by atoms with Gasteiger partial charge in [0.15, 0.2) is 6.04 Å². The number of nitrogens with zero attached hydrogens (tertiary/aromatic N) is 3. The van der Waals surface area contributed by atoms with E-state index in [0.29, 0.717) is 10.7 Å². The molecule has 5 rings (SSSR count). The smallest absolute Gasteiger partial charge is 0.323 e. The summed E-state index contributed by atoms with van der Waals surface area (Å²) in [6.45, 7) is -0.407. The highest BCUT2D eigenvalue weighted by Gasteiger charge is 2.41. The molecule has 1 amide bonds. The number of fused-ring (bicyclic) bond motifs is 1. The zero-order chi connectivity index (χ0) is 22.2. The molecule has 0 aliphatic carbocycles. The van der Waals surface area contributed by atoms with Crippen LogP contribution >= 0.6 is 11.6 Å². The molecular formula is C25H18ClN3O3. The zero-order valence-corrected chi connectivity index (χ0v) is 17.6. The summed E-state index contributed by atoms with van der Waals surface area (Å²) < 4.78 is 1.69. The monoisotopic (exact) mass is 443 g/mol. The second kappa shape index (κ2) is 7.98. The Morgan fingerprint density at radius 3 is 2.34 bits per heavy atom. The number of halogens is 1. The normalized spacial score (nSPS) is 15.1. The van der Waals surface area contributed by atoms with E-state index in [2.05, 4.69) is 0 Å². The largest absolute Gasteiger partial charge is 0.480 e. The molecule has 0 spiro atoms. The number of anilines is 1. The number of rotatable bonds is 5. The van der Waals surface area contributed by atoms with Gasteiger partial charge in [0, 0.05) is 16.1 Å². The molecule has 1 aliphatic heterocycles. The average Bonchev–Trinajstić information content (AvgIpc) is 3.34. The maximum absolute atomic E-state index is 13.5. The van der Waals surface area contributed by atoms with Gasteiger partial charge < -0.3 is 5.11 Å². The van der Waals surface area contributed by atoms with E-state index in [4.69, 9.17) is 16.7 Å². The topological polar surface area (TPSA) is 75.4 Å². The maximum atomic E-state index is 13.5. The highest BCUT2D eigenvalue weighted by Crippen LogP contribution is 2.40. The van der Waals surface area contributed by atoms with E-state index in [1.807, 2.05) is 60.7 Å². The van der Waals surface area contributed by atoms with Crippen molar-refractivity contribution in [2.45, 2.75) is 6.04 Å². The molecule has 1 unspecified atom stereocenters. The molecule has 0 radical (unpaired) electrons. The summed E-state index contributed by atoms with van der Waals surface area (Å²) in [6, 6.07) is 25.5. The SMILES string of the molecule is O=C(O)CN1C(=O)C(n2nc(-c3ccccc3)cc2-c2ccc(Cl)cc2)c2ccccc21. The van der Waals surface area contributed by atoms with Crippen LogP contribution in [0.4, 0.5) is 5.69 Å². The molecule has 0 bridgehead atoms. The van der Waals surface area contributed by atoms with Crippen molar-refractivity contribution in [1.29, 1.82) is 0 Å². The minimum atomic E-state index is -1.07. The number of carboxylic acids is 1. The maximum Gasteiger partial charge on any atom is 0.323 e. The molecule has 6 nitrogen and oxygen atoms in total. The molecule has 3 aromatic carbocycles. The van der Waals surface area contributed by atoms with Gasteiger partial charge in [-0.2, -0.15) is 5.10 Å². The molecule has 2 heterocycles. The van der Waals surface area contributed by atoms with Crippen molar-refractivity contribution in [3.05, 3.63) is 95.5 Å². The van der Waals surface area contributed by atoms with E-state index in [-0.39, 0.29) is 5.91 Å². The Morgan fingerprint density at radius 2 is 1.62 bits per heavy atom. The molecule has 1 aliphatic rings. The van der Waals surface area contributed by atoms with Crippen molar-refractivity contribution in [1.82, 2.24) is 9.78 Å². The fraction of sp³-hybridized carbons (Fsp3) is 0.0800. The number of carboxylic acid groups (broad SMARTS) is 1. The van der Waals surface area contributed by atoms with E-state index in [9.17, 15) is 14.7 Å². The Kier molecular flexibility index (Phi) is 4.99. The van der Waals surface area contributed by atoms with Gasteiger partial charge in [-0.1, -0.05) is 72.3 Å². The number of carbonyl (C=O) groups is 2. The minimum Gasteiger partial charge on any atom is -0.480 e. The van der Waals surface area contributed by atoms with Crippen LogP contribution in [0, 0.1) is 0 Å². The number of amides is 1. The number of benzene rings is 3. The van der Waals surface area contributed by atoms with Crippen molar-refractivity contribution in [2.24, 2.45) is 0 Å². The van der Waals surface area contributed by atoms with Crippen LogP contribution in [-0.4, -0.2) is 33.3 Å². The third kappa shape index (κ3) is 3.44. The van der Waals surface area contributed by atoms with Crippen LogP contribution in [0.5, 0.6) is 0 Å². The lowest BCUT2D eigenvalue weighted by molar-refractivity contribution is -0.136. The molecule has 158 valence electrons. The second-order valence-corrected chi connectivity index (χ2v) is 7.95. The van der Waals surface area contributed by atoms with Crippen molar-refractivity contribution >= 4 is 29.2 Å². The first-order valence-electron chi connectivity index (χ1n) is 10.1. The first kappa shape index (κ1) is 20.0. The van der Waals surface area contributed by atoms with Gasteiger partial charge in [-0.25, -0.2) is 4.68 Å². The molecule has 7 heteroatoms. The minimum absolute atomic E-state index is 0.327. The zero-order valence-electron chi connectivity index (χ0n) is 16.9. The van der Waals surface area contributed by atoms with E-state index >= 15 is 0 Å². The number of hydrogen-bond donors (Lipinski definition) is 1. The molecule has 0 saturated carbocycles. The third-order valence-electron chi connectivity index (χ3n) is 5.51. The first-order valence-corrected chi connectivity index (χ1v) is 10.4. The van der Waals surface area contributed by atoms with Crippen LogP contribution in [0.25, 0.3) is 22.5 Å². The summed E-state index contributed by atoms with van der Waals surface area (Å²) in [5, 5.41) is 14.8. The lowest BCUT2D eigenvalue weighted by Gasteiger charge is -2.17. The van der Waals surface area contributed by atoms with Gasteiger partial charge in [0.05, 0.1) is 17.1 Å². The van der Waals surface area contributed by atoms with Gasteiger partial charge >= 0.3 is 5.97 Å². The van der Waals surface area contributed by atoms with Crippen molar-refractivity contribution in [2.75, 3.05) is 11.4 Å². The van der Waals surface area contributed by atoms with Crippen LogP contribution in [0.3, 0.4) is 0 Å². The van der Waals surface area contributed by atoms with E-state index in [0.717, 1.165) is 28.1 Å². The molecule has 0 saturated heterocycles. The quantitative estimate of drug-likeness (QED) is 0.476. The van der Waals surface area contributed by atoms with Crippen molar-refractivity contribution in [3.63, 3.8) is 0 Å². The third-order valence-corrected chi connectivity index (χ3v) is 5.76. The van der Waals surface area contributed by atoms with Crippen LogP contribution in [0.1, 0.15) is 11.6 Å². The molecule has 0 fully saturated rings. The summed E-state index contributed by atoms with van der Waals surface area (Å²) in [4.78, 5) is 26.2. The number of carbonyl (C=O) groups excluding carboxylic acids is 1. The fourth-order valence-corrected chi connectivity index (χ4v) is 4.20. The standard InChI is InChI=1S/C25H18ClN3O3/c26-18-12-10-17(11-13-18)22-14-20(16-6-2-1-3-7-16)27-29(22)24-19-8-4-5-9-21(19)28(25(24)32)15-23(30)31/h1-14,24H,15H2,(H,30,31). The summed E-state index contributed by atoms with van der Waals surface area (Å²) in [5.41, 5.74) is 4.54. The van der Waals surface area contributed by atoms with Gasteiger partial charge in [0.25, 0.3) is 5.91 Å². The van der Waals surface area contributed by atoms with E-state index in [1.165, 1.54) is 4.90 Å². The Balaban J connectivity index is 1.70. The van der Waals surface area contributed by atoms with Crippen molar-refractivity contribution < 1.29 is 14.7 Å². The van der Waals surface area contributed by atoms with E-state index in [1.54, 1.807) is 28.9 Å². The van der Waals surface area contributed by atoms with Gasteiger partial charge in [-0.3, -0.25) is 14.5 Å². The summed E-state index contributed by atoms with van der Waals surface area (Å²) >= 11 is 6.09. The first-order chi connectivity index (χ1) is 15.5. The molecule has 32 heavy (non-hydrogen) atoms. The van der Waals surface area contributed by atoms with Crippen molar-refractivity contribution in [3.8, 4) is 22.5 Å². The predicted octanol–water partition coefficient (Wildman–Crippen LogP) is 4.89. The Labute approximate surface area is 189 Å². The number of aliphatic carboxylic acids is 1. The highest BCUT2D eigenvalue weighted by atomic mass is 35.5. The number of hydrogen-bond acceptors (Lipinski definition) is 3. The highest BCUT2D eigenvalue weighted by molar-refractivity contribution is 6.30. The van der Waals surface area contributed by atoms with Crippen LogP contribution in [0.2, 0.25) is 5.02 Å². The summed E-state index contributed by atoms with van der Waals surface area (Å²) in [5.74, 6) is -1.40. The van der Waals surface area contributed by atoms with Crippen LogP contribution in [0.15, 0.2) is 84.9 Å².